The molecule has 7 heteroatoms. The van der Waals surface area contributed by atoms with E-state index in [2.05, 4.69) is 5.32 Å². The van der Waals surface area contributed by atoms with Crippen LogP contribution < -0.4 is 5.32 Å². The maximum absolute atomic E-state index is 11.6. The van der Waals surface area contributed by atoms with Gasteiger partial charge in [0.25, 0.3) is 0 Å². The Balaban J connectivity index is 2.63. The molecule has 1 aromatic rings. The van der Waals surface area contributed by atoms with E-state index in [1.54, 1.807) is 32.9 Å². The van der Waals surface area contributed by atoms with E-state index in [1.165, 1.54) is 6.07 Å². The van der Waals surface area contributed by atoms with Gasteiger partial charge in [0.2, 0.25) is 0 Å². The van der Waals surface area contributed by atoms with Crippen molar-refractivity contribution in [3.63, 3.8) is 0 Å². The number of halogens is 1. The van der Waals surface area contributed by atoms with Crippen LogP contribution in [0.1, 0.15) is 32.8 Å². The van der Waals surface area contributed by atoms with E-state index < -0.39 is 23.7 Å². The van der Waals surface area contributed by atoms with Crippen molar-refractivity contribution in [2.75, 3.05) is 0 Å². The number of carbonyl (C=O) groups excluding carboxylic acids is 1. The first kappa shape index (κ1) is 18.1. The molecule has 0 bridgehead atoms. The second-order valence-electron chi connectivity index (χ2n) is 5.86. The number of ether oxygens (including phenoxy) is 1. The molecule has 0 heterocycles. The molecule has 0 aliphatic carbocycles. The van der Waals surface area contributed by atoms with Crippen LogP contribution in [-0.4, -0.2) is 33.9 Å². The van der Waals surface area contributed by atoms with E-state index in [0.29, 0.717) is 6.42 Å². The van der Waals surface area contributed by atoms with Crippen LogP contribution >= 0.6 is 11.6 Å². The number of aliphatic carboxylic acids is 1. The van der Waals surface area contributed by atoms with Gasteiger partial charge in [-0.3, -0.25) is 0 Å². The molecule has 0 saturated carbocycles. The van der Waals surface area contributed by atoms with Crippen molar-refractivity contribution in [2.24, 2.45) is 0 Å². The number of nitrogens with one attached hydrogen (secondary N) is 1. The Morgan fingerprint density at radius 2 is 2.00 bits per heavy atom. The number of alkyl carbamates (subject to hydrolysis) is 1. The van der Waals surface area contributed by atoms with Crippen LogP contribution in [0.4, 0.5) is 4.79 Å². The zero-order chi connectivity index (χ0) is 16.9. The van der Waals surface area contributed by atoms with Gasteiger partial charge in [0.05, 0.1) is 5.02 Å². The number of amides is 1. The summed E-state index contributed by atoms with van der Waals surface area (Å²) in [6, 6.07) is 3.58. The maximum atomic E-state index is 11.6. The molecule has 22 heavy (non-hydrogen) atoms. The van der Waals surface area contributed by atoms with Gasteiger partial charge in [-0.1, -0.05) is 17.7 Å². The fourth-order valence-corrected chi connectivity index (χ4v) is 1.93. The van der Waals surface area contributed by atoms with Gasteiger partial charge in [-0.25, -0.2) is 9.59 Å². The lowest BCUT2D eigenvalue weighted by Gasteiger charge is -2.22. The number of carbonyl (C=O) groups is 2. The van der Waals surface area contributed by atoms with E-state index in [9.17, 15) is 14.7 Å². The molecule has 1 atom stereocenters. The molecular formula is C15H20ClNO5. The van der Waals surface area contributed by atoms with Gasteiger partial charge < -0.3 is 20.3 Å². The van der Waals surface area contributed by atoms with Gasteiger partial charge in [-0.05, 0) is 51.3 Å². The van der Waals surface area contributed by atoms with Crippen LogP contribution in [0.2, 0.25) is 5.02 Å². The van der Waals surface area contributed by atoms with Crippen molar-refractivity contribution >= 4 is 23.7 Å². The summed E-state index contributed by atoms with van der Waals surface area (Å²) in [5.41, 5.74) is 0.0671. The van der Waals surface area contributed by atoms with Crippen molar-refractivity contribution in [1.29, 1.82) is 0 Å². The fraction of sp³-hybridized carbons (Fsp3) is 0.467. The second kappa shape index (κ2) is 7.35. The SMILES string of the molecule is CC(C)(C)OC(=O)N[C@@H](CCc1ccc(O)c(Cl)c1)C(=O)O. The lowest BCUT2D eigenvalue weighted by molar-refractivity contribution is -0.139. The van der Waals surface area contributed by atoms with E-state index >= 15 is 0 Å². The minimum atomic E-state index is -1.14. The third kappa shape index (κ3) is 6.22. The van der Waals surface area contributed by atoms with Crippen molar-refractivity contribution in [3.8, 4) is 5.75 Å². The summed E-state index contributed by atoms with van der Waals surface area (Å²) >= 11 is 5.79. The van der Waals surface area contributed by atoms with Crippen LogP contribution in [0.3, 0.4) is 0 Å². The molecule has 6 nitrogen and oxygen atoms in total. The highest BCUT2D eigenvalue weighted by atomic mass is 35.5. The predicted molar refractivity (Wildman–Crippen MR) is 82.2 cm³/mol. The Labute approximate surface area is 134 Å². The number of carboxylic acid groups (broad SMARTS) is 1. The van der Waals surface area contributed by atoms with E-state index in [-0.39, 0.29) is 17.2 Å². The van der Waals surface area contributed by atoms with Crippen LogP contribution in [0.25, 0.3) is 0 Å². The summed E-state index contributed by atoms with van der Waals surface area (Å²) in [6.07, 6.45) is -0.216. The molecule has 0 spiro atoms. The molecule has 0 unspecified atom stereocenters. The van der Waals surface area contributed by atoms with Gasteiger partial charge in [0, 0.05) is 0 Å². The van der Waals surface area contributed by atoms with Crippen molar-refractivity contribution < 1.29 is 24.5 Å². The molecule has 0 aliphatic rings. The molecule has 1 rings (SSSR count). The predicted octanol–water partition coefficient (Wildman–Crippen LogP) is 2.96. The highest BCUT2D eigenvalue weighted by Gasteiger charge is 2.23. The van der Waals surface area contributed by atoms with Crippen molar-refractivity contribution in [1.82, 2.24) is 5.32 Å². The van der Waals surface area contributed by atoms with Crippen LogP contribution in [0, 0.1) is 0 Å². The molecule has 3 N–H and O–H groups in total. The minimum Gasteiger partial charge on any atom is -0.506 e. The lowest BCUT2D eigenvalue weighted by Crippen LogP contribution is -2.43. The molecule has 1 amide bonds. The quantitative estimate of drug-likeness (QED) is 0.771. The Morgan fingerprint density at radius 1 is 1.36 bits per heavy atom. The van der Waals surface area contributed by atoms with Gasteiger partial charge in [0.15, 0.2) is 0 Å². The van der Waals surface area contributed by atoms with Gasteiger partial charge >= 0.3 is 12.1 Å². The van der Waals surface area contributed by atoms with Crippen LogP contribution in [-0.2, 0) is 16.0 Å². The normalized spacial score (nSPS) is 12.5. The van der Waals surface area contributed by atoms with Crippen molar-refractivity contribution in [2.45, 2.75) is 45.3 Å². The van der Waals surface area contributed by atoms with Gasteiger partial charge in [-0.2, -0.15) is 0 Å². The highest BCUT2D eigenvalue weighted by molar-refractivity contribution is 6.32. The number of benzene rings is 1. The van der Waals surface area contributed by atoms with Gasteiger partial charge in [-0.15, -0.1) is 0 Å². The standard InChI is InChI=1S/C15H20ClNO5/c1-15(2,3)22-14(21)17-11(13(19)20)6-4-9-5-7-12(18)10(16)8-9/h5,7-8,11,18H,4,6H2,1-3H3,(H,17,21)(H,19,20)/t11-/m0/s1. The lowest BCUT2D eigenvalue weighted by atomic mass is 10.1. The molecule has 0 aliphatic heterocycles. The first-order chi connectivity index (χ1) is 10.1. The number of aromatic hydroxyl groups is 1. The van der Waals surface area contributed by atoms with E-state index in [1.807, 2.05) is 0 Å². The Hall–Kier alpha value is -1.95. The molecule has 1 aromatic carbocycles. The fourth-order valence-electron chi connectivity index (χ4n) is 1.72. The maximum Gasteiger partial charge on any atom is 0.408 e. The van der Waals surface area contributed by atoms with E-state index in [4.69, 9.17) is 21.4 Å². The molecule has 0 aromatic heterocycles. The molecule has 0 saturated heterocycles. The molecule has 0 radical (unpaired) electrons. The van der Waals surface area contributed by atoms with E-state index in [0.717, 1.165) is 5.56 Å². The minimum absolute atomic E-state index is 0.0351. The number of phenols is 1. The van der Waals surface area contributed by atoms with Gasteiger partial charge in [0.1, 0.15) is 17.4 Å². The summed E-state index contributed by atoms with van der Waals surface area (Å²) in [4.78, 5) is 22.8. The number of aryl methyl sites for hydroxylation is 1. The topological polar surface area (TPSA) is 95.9 Å². The third-order valence-electron chi connectivity index (χ3n) is 2.72. The number of hydrogen-bond donors (Lipinski definition) is 3. The number of rotatable bonds is 5. The summed E-state index contributed by atoms with van der Waals surface area (Å²) in [6.45, 7) is 5.09. The van der Waals surface area contributed by atoms with Crippen molar-refractivity contribution in [3.05, 3.63) is 28.8 Å². The first-order valence-corrected chi connectivity index (χ1v) is 7.16. The number of carboxylic acids is 1. The average Bonchev–Trinajstić information content (AvgIpc) is 2.36. The molecule has 0 fully saturated rings. The zero-order valence-corrected chi connectivity index (χ0v) is 13.5. The third-order valence-corrected chi connectivity index (χ3v) is 3.03. The second-order valence-corrected chi connectivity index (χ2v) is 6.27. The summed E-state index contributed by atoms with van der Waals surface area (Å²) in [7, 11) is 0. The zero-order valence-electron chi connectivity index (χ0n) is 12.7. The number of phenolic OH excluding ortho intramolecular Hbond substituents is 1. The number of hydrogen-bond acceptors (Lipinski definition) is 4. The van der Waals surface area contributed by atoms with Crippen LogP contribution in [0.15, 0.2) is 18.2 Å². The average molecular weight is 330 g/mol. The highest BCUT2D eigenvalue weighted by Crippen LogP contribution is 2.24. The molecule has 122 valence electrons. The summed E-state index contributed by atoms with van der Waals surface area (Å²) < 4.78 is 5.04. The summed E-state index contributed by atoms with van der Waals surface area (Å²) in [5, 5.41) is 21.0. The Kier molecular flexibility index (Phi) is 6.05. The molecular weight excluding hydrogens is 310 g/mol. The summed E-state index contributed by atoms with van der Waals surface area (Å²) in [5.74, 6) is -1.18. The monoisotopic (exact) mass is 329 g/mol. The first-order valence-electron chi connectivity index (χ1n) is 6.78. The largest absolute Gasteiger partial charge is 0.506 e. The van der Waals surface area contributed by atoms with Crippen LogP contribution in [0.5, 0.6) is 5.75 Å². The Morgan fingerprint density at radius 3 is 2.50 bits per heavy atom. The smallest absolute Gasteiger partial charge is 0.408 e. The Bertz CT molecular complexity index is 553.